The lowest BCUT2D eigenvalue weighted by atomic mass is 9.95. The number of carbonyl (C=O) groups excluding carboxylic acids is 1. The van der Waals surface area contributed by atoms with E-state index in [2.05, 4.69) is 39.5 Å². The van der Waals surface area contributed by atoms with Gasteiger partial charge in [0.2, 0.25) is 5.91 Å². The smallest absolute Gasteiger partial charge is 0.227 e. The Kier molecular flexibility index (Phi) is 5.76. The Labute approximate surface area is 175 Å². The third-order valence-corrected chi connectivity index (χ3v) is 5.59. The number of hydrogen-bond acceptors (Lipinski definition) is 4. The van der Waals surface area contributed by atoms with E-state index in [0.717, 1.165) is 48.7 Å². The molecule has 0 atom stereocenters. The first-order chi connectivity index (χ1) is 14.1. The molecule has 3 aromatic rings. The molecule has 1 aromatic heterocycles. The minimum Gasteiger partial charge on any atom is -0.355 e. The minimum absolute atomic E-state index is 0.00978. The molecular weight excluding hydrogens is 384 g/mol. The first kappa shape index (κ1) is 19.4. The Morgan fingerprint density at radius 3 is 2.52 bits per heavy atom. The van der Waals surface area contributed by atoms with Gasteiger partial charge in [0.15, 0.2) is 5.82 Å². The van der Waals surface area contributed by atoms with Gasteiger partial charge < -0.3 is 10.2 Å². The van der Waals surface area contributed by atoms with Gasteiger partial charge in [0.05, 0.1) is 5.69 Å². The molecule has 5 nitrogen and oxygen atoms in total. The van der Waals surface area contributed by atoms with E-state index in [1.807, 2.05) is 36.4 Å². The molecule has 2 heterocycles. The second-order valence-electron chi connectivity index (χ2n) is 7.35. The highest BCUT2D eigenvalue weighted by molar-refractivity contribution is 6.30. The van der Waals surface area contributed by atoms with E-state index in [1.165, 1.54) is 5.56 Å². The van der Waals surface area contributed by atoms with E-state index >= 15 is 0 Å². The summed E-state index contributed by atoms with van der Waals surface area (Å²) in [5.74, 6) is 0.897. The van der Waals surface area contributed by atoms with Crippen molar-refractivity contribution in [2.75, 3.05) is 23.3 Å². The number of anilines is 2. The third kappa shape index (κ3) is 4.57. The maximum atomic E-state index is 12.6. The molecule has 2 aromatic carbocycles. The lowest BCUT2D eigenvalue weighted by molar-refractivity contribution is -0.120. The quantitative estimate of drug-likeness (QED) is 0.665. The predicted molar refractivity (Wildman–Crippen MR) is 117 cm³/mol. The largest absolute Gasteiger partial charge is 0.355 e. The molecule has 1 aliphatic rings. The van der Waals surface area contributed by atoms with Crippen molar-refractivity contribution in [3.8, 4) is 11.3 Å². The second kappa shape index (κ2) is 8.62. The number of hydrogen-bond donors (Lipinski definition) is 1. The van der Waals surface area contributed by atoms with Crippen LogP contribution in [0.15, 0.2) is 60.7 Å². The molecule has 29 heavy (non-hydrogen) atoms. The predicted octanol–water partition coefficient (Wildman–Crippen LogP) is 4.96. The number of nitrogens with one attached hydrogen (secondary N) is 1. The lowest BCUT2D eigenvalue weighted by Gasteiger charge is -2.31. The van der Waals surface area contributed by atoms with Crippen LogP contribution in [0.5, 0.6) is 0 Å². The monoisotopic (exact) mass is 406 g/mol. The van der Waals surface area contributed by atoms with E-state index in [-0.39, 0.29) is 11.8 Å². The number of amides is 1. The normalized spacial score (nSPS) is 14.6. The maximum Gasteiger partial charge on any atom is 0.227 e. The molecule has 6 heteroatoms. The van der Waals surface area contributed by atoms with Crippen molar-refractivity contribution in [1.82, 2.24) is 10.2 Å². The SMILES string of the molecule is Cc1ccccc1-c1ccc(N2CCC(C(=O)Nc3cccc(Cl)c3)CC2)nn1. The zero-order valence-corrected chi connectivity index (χ0v) is 17.1. The fourth-order valence-electron chi connectivity index (χ4n) is 3.68. The number of piperidine rings is 1. The molecule has 0 spiro atoms. The van der Waals surface area contributed by atoms with Crippen LogP contribution in [-0.4, -0.2) is 29.2 Å². The Balaban J connectivity index is 1.36. The lowest BCUT2D eigenvalue weighted by Crippen LogP contribution is -2.38. The molecule has 4 rings (SSSR count). The highest BCUT2D eigenvalue weighted by atomic mass is 35.5. The van der Waals surface area contributed by atoms with Gasteiger partial charge in [-0.25, -0.2) is 0 Å². The topological polar surface area (TPSA) is 58.1 Å². The van der Waals surface area contributed by atoms with Crippen molar-refractivity contribution in [1.29, 1.82) is 0 Å². The first-order valence-electron chi connectivity index (χ1n) is 9.81. The summed E-state index contributed by atoms with van der Waals surface area (Å²) < 4.78 is 0. The zero-order valence-electron chi connectivity index (χ0n) is 16.3. The Morgan fingerprint density at radius 2 is 1.83 bits per heavy atom. The minimum atomic E-state index is -0.00978. The third-order valence-electron chi connectivity index (χ3n) is 5.35. The first-order valence-corrected chi connectivity index (χ1v) is 10.2. The van der Waals surface area contributed by atoms with Gasteiger partial charge >= 0.3 is 0 Å². The van der Waals surface area contributed by atoms with Crippen LogP contribution in [0.25, 0.3) is 11.3 Å². The van der Waals surface area contributed by atoms with E-state index in [0.29, 0.717) is 5.02 Å². The fraction of sp³-hybridized carbons (Fsp3) is 0.261. The van der Waals surface area contributed by atoms with Crippen molar-refractivity contribution in [2.45, 2.75) is 19.8 Å². The molecule has 1 N–H and O–H groups in total. The number of benzene rings is 2. The van der Waals surface area contributed by atoms with Crippen molar-refractivity contribution in [3.05, 3.63) is 71.2 Å². The molecule has 0 aliphatic carbocycles. The highest BCUT2D eigenvalue weighted by Gasteiger charge is 2.26. The Hall–Kier alpha value is -2.92. The summed E-state index contributed by atoms with van der Waals surface area (Å²) in [7, 11) is 0. The molecule has 0 unspecified atom stereocenters. The molecule has 0 radical (unpaired) electrons. The average molecular weight is 407 g/mol. The van der Waals surface area contributed by atoms with Crippen LogP contribution >= 0.6 is 11.6 Å². The van der Waals surface area contributed by atoms with Crippen LogP contribution in [0.1, 0.15) is 18.4 Å². The molecule has 0 bridgehead atoms. The van der Waals surface area contributed by atoms with Crippen LogP contribution in [0.2, 0.25) is 5.02 Å². The van der Waals surface area contributed by atoms with Crippen molar-refractivity contribution < 1.29 is 4.79 Å². The van der Waals surface area contributed by atoms with E-state index in [1.54, 1.807) is 12.1 Å². The summed E-state index contributed by atoms with van der Waals surface area (Å²) in [5, 5.41) is 12.4. The van der Waals surface area contributed by atoms with Gasteiger partial charge in [-0.15, -0.1) is 10.2 Å². The molecule has 1 saturated heterocycles. The van der Waals surface area contributed by atoms with Crippen molar-refractivity contribution >= 4 is 29.0 Å². The van der Waals surface area contributed by atoms with Gasteiger partial charge in [0.1, 0.15) is 0 Å². The Bertz CT molecular complexity index is 998. The number of nitrogens with zero attached hydrogens (tertiary/aromatic N) is 3. The number of halogens is 1. The molecule has 148 valence electrons. The summed E-state index contributed by atoms with van der Waals surface area (Å²) in [6.07, 6.45) is 1.57. The number of aromatic nitrogens is 2. The molecule has 1 fully saturated rings. The van der Waals surface area contributed by atoms with Crippen molar-refractivity contribution in [3.63, 3.8) is 0 Å². The molecule has 1 aliphatic heterocycles. The Morgan fingerprint density at radius 1 is 1.03 bits per heavy atom. The van der Waals surface area contributed by atoms with Crippen molar-refractivity contribution in [2.24, 2.45) is 5.92 Å². The zero-order chi connectivity index (χ0) is 20.2. The summed E-state index contributed by atoms with van der Waals surface area (Å²) >= 11 is 5.99. The average Bonchev–Trinajstić information content (AvgIpc) is 2.74. The molecular formula is C23H23ClN4O. The summed E-state index contributed by atoms with van der Waals surface area (Å²) in [5.41, 5.74) is 3.90. The maximum absolute atomic E-state index is 12.6. The van der Waals surface area contributed by atoms with Crippen LogP contribution in [0, 0.1) is 12.8 Å². The molecule has 0 saturated carbocycles. The van der Waals surface area contributed by atoms with Crippen LogP contribution < -0.4 is 10.2 Å². The van der Waals surface area contributed by atoms with Crippen LogP contribution in [0.3, 0.4) is 0 Å². The van der Waals surface area contributed by atoms with Gasteiger partial charge in [0.25, 0.3) is 0 Å². The van der Waals surface area contributed by atoms with Crippen LogP contribution in [0.4, 0.5) is 11.5 Å². The summed E-state index contributed by atoms with van der Waals surface area (Å²) in [6, 6.07) is 19.4. The van der Waals surface area contributed by atoms with Gasteiger partial charge in [-0.05, 0) is 55.7 Å². The standard InChI is InChI=1S/C23H23ClN4O/c1-16-5-2-3-8-20(16)21-9-10-22(27-26-21)28-13-11-17(12-14-28)23(29)25-19-7-4-6-18(24)15-19/h2-10,15,17H,11-14H2,1H3,(H,25,29). The van der Waals surface area contributed by atoms with Crippen LogP contribution in [-0.2, 0) is 4.79 Å². The summed E-state index contributed by atoms with van der Waals surface area (Å²) in [4.78, 5) is 14.7. The fourth-order valence-corrected chi connectivity index (χ4v) is 3.87. The summed E-state index contributed by atoms with van der Waals surface area (Å²) in [6.45, 7) is 3.64. The van der Waals surface area contributed by atoms with Gasteiger partial charge in [0, 0.05) is 35.3 Å². The van der Waals surface area contributed by atoms with Gasteiger partial charge in [-0.3, -0.25) is 4.79 Å². The van der Waals surface area contributed by atoms with Gasteiger partial charge in [-0.2, -0.15) is 0 Å². The highest BCUT2D eigenvalue weighted by Crippen LogP contribution is 2.26. The van der Waals surface area contributed by atoms with E-state index in [4.69, 9.17) is 11.6 Å². The van der Waals surface area contributed by atoms with E-state index < -0.39 is 0 Å². The van der Waals surface area contributed by atoms with Gasteiger partial charge in [-0.1, -0.05) is 41.9 Å². The number of aryl methyl sites for hydroxylation is 1. The molecule has 1 amide bonds. The number of rotatable bonds is 4. The van der Waals surface area contributed by atoms with E-state index in [9.17, 15) is 4.79 Å². The number of carbonyl (C=O) groups is 1. The second-order valence-corrected chi connectivity index (χ2v) is 7.79.